The smallest absolute Gasteiger partial charge is 0.289 e. The van der Waals surface area contributed by atoms with Gasteiger partial charge in [0.25, 0.3) is 5.91 Å². The van der Waals surface area contributed by atoms with Gasteiger partial charge in [-0.15, -0.1) is 0 Å². The molecule has 1 amide bonds. The third-order valence-electron chi connectivity index (χ3n) is 3.06. The number of aromatic nitrogens is 1. The SMILES string of the molecule is Cc1nc(C)c(C(=O)NCC2(N)CCC2)o1. The molecule has 88 valence electrons. The Morgan fingerprint density at radius 1 is 1.56 bits per heavy atom. The number of carbonyl (C=O) groups is 1. The lowest BCUT2D eigenvalue weighted by molar-refractivity contribution is 0.0900. The molecule has 5 nitrogen and oxygen atoms in total. The Labute approximate surface area is 94.4 Å². The summed E-state index contributed by atoms with van der Waals surface area (Å²) in [5, 5.41) is 2.80. The predicted octanol–water partition coefficient (Wildman–Crippen LogP) is 0.903. The second-order valence-corrected chi connectivity index (χ2v) is 4.55. The molecule has 0 bridgehead atoms. The molecule has 1 heterocycles. The maximum atomic E-state index is 11.8. The van der Waals surface area contributed by atoms with E-state index < -0.39 is 0 Å². The van der Waals surface area contributed by atoms with E-state index in [1.165, 1.54) is 0 Å². The van der Waals surface area contributed by atoms with Gasteiger partial charge in [0.05, 0.1) is 5.69 Å². The van der Waals surface area contributed by atoms with Crippen molar-refractivity contribution < 1.29 is 9.21 Å². The van der Waals surface area contributed by atoms with Crippen molar-refractivity contribution in [2.75, 3.05) is 6.54 Å². The molecule has 0 radical (unpaired) electrons. The highest BCUT2D eigenvalue weighted by atomic mass is 16.4. The Kier molecular flexibility index (Phi) is 2.71. The minimum atomic E-state index is -0.227. The van der Waals surface area contributed by atoms with E-state index in [-0.39, 0.29) is 11.4 Å². The highest BCUT2D eigenvalue weighted by Crippen LogP contribution is 2.28. The molecular formula is C11H17N3O2. The van der Waals surface area contributed by atoms with Gasteiger partial charge in [0.2, 0.25) is 5.76 Å². The molecule has 16 heavy (non-hydrogen) atoms. The Morgan fingerprint density at radius 3 is 2.69 bits per heavy atom. The van der Waals surface area contributed by atoms with Gasteiger partial charge in [-0.3, -0.25) is 4.79 Å². The van der Waals surface area contributed by atoms with Crippen LogP contribution >= 0.6 is 0 Å². The standard InChI is InChI=1S/C11H17N3O2/c1-7-9(16-8(2)14-7)10(15)13-6-11(12)4-3-5-11/h3-6,12H2,1-2H3,(H,13,15). The monoisotopic (exact) mass is 223 g/mol. The first-order valence-electron chi connectivity index (χ1n) is 5.51. The molecule has 1 fully saturated rings. The van der Waals surface area contributed by atoms with Crippen LogP contribution in [0.25, 0.3) is 0 Å². The Bertz CT molecular complexity index is 407. The number of hydrogen-bond donors (Lipinski definition) is 2. The third kappa shape index (κ3) is 2.09. The van der Waals surface area contributed by atoms with Gasteiger partial charge >= 0.3 is 0 Å². The van der Waals surface area contributed by atoms with Crippen molar-refractivity contribution in [1.29, 1.82) is 0 Å². The summed E-state index contributed by atoms with van der Waals surface area (Å²) in [6, 6.07) is 0. The summed E-state index contributed by atoms with van der Waals surface area (Å²) in [5.74, 6) is 0.573. The minimum absolute atomic E-state index is 0.210. The summed E-state index contributed by atoms with van der Waals surface area (Å²) in [7, 11) is 0. The molecule has 0 spiro atoms. The molecule has 1 saturated carbocycles. The van der Waals surface area contributed by atoms with E-state index in [1.807, 2.05) is 0 Å². The summed E-state index contributed by atoms with van der Waals surface area (Å²) in [6.07, 6.45) is 3.09. The van der Waals surface area contributed by atoms with Crippen molar-refractivity contribution in [3.63, 3.8) is 0 Å². The van der Waals surface area contributed by atoms with Crippen molar-refractivity contribution >= 4 is 5.91 Å². The second kappa shape index (κ2) is 3.90. The van der Waals surface area contributed by atoms with Crippen molar-refractivity contribution in [1.82, 2.24) is 10.3 Å². The van der Waals surface area contributed by atoms with Crippen LogP contribution in [-0.4, -0.2) is 23.0 Å². The minimum Gasteiger partial charge on any atom is -0.436 e. The molecule has 1 aliphatic carbocycles. The second-order valence-electron chi connectivity index (χ2n) is 4.55. The van der Waals surface area contributed by atoms with E-state index in [1.54, 1.807) is 13.8 Å². The molecule has 0 aromatic carbocycles. The topological polar surface area (TPSA) is 81.2 Å². The van der Waals surface area contributed by atoms with Crippen molar-refractivity contribution in [3.8, 4) is 0 Å². The highest BCUT2D eigenvalue weighted by molar-refractivity contribution is 5.92. The number of hydrogen-bond acceptors (Lipinski definition) is 4. The first-order chi connectivity index (χ1) is 7.50. The summed E-state index contributed by atoms with van der Waals surface area (Å²) in [4.78, 5) is 15.8. The molecule has 2 rings (SSSR count). The lowest BCUT2D eigenvalue weighted by Crippen LogP contribution is -2.54. The third-order valence-corrected chi connectivity index (χ3v) is 3.06. The van der Waals surface area contributed by atoms with Crippen LogP contribution < -0.4 is 11.1 Å². The van der Waals surface area contributed by atoms with Crippen LogP contribution in [0.5, 0.6) is 0 Å². The molecule has 5 heteroatoms. The van der Waals surface area contributed by atoms with Crippen molar-refractivity contribution in [2.45, 2.75) is 38.6 Å². The molecule has 0 aliphatic heterocycles. The summed E-state index contributed by atoms with van der Waals surface area (Å²) in [6.45, 7) is 3.98. The zero-order chi connectivity index (χ0) is 11.8. The van der Waals surface area contributed by atoms with Gasteiger partial charge < -0.3 is 15.5 Å². The predicted molar refractivity (Wildman–Crippen MR) is 59.1 cm³/mol. The van der Waals surface area contributed by atoms with Crippen molar-refractivity contribution in [3.05, 3.63) is 17.3 Å². The molecular weight excluding hydrogens is 206 g/mol. The van der Waals surface area contributed by atoms with Gasteiger partial charge in [-0.2, -0.15) is 0 Å². The van der Waals surface area contributed by atoms with E-state index in [9.17, 15) is 4.79 Å². The van der Waals surface area contributed by atoms with Crippen LogP contribution in [0.1, 0.15) is 41.4 Å². The lowest BCUT2D eigenvalue weighted by atomic mass is 9.78. The number of nitrogens with two attached hydrogens (primary N) is 1. The van der Waals surface area contributed by atoms with Crippen LogP contribution in [0, 0.1) is 13.8 Å². The maximum absolute atomic E-state index is 11.8. The normalized spacial score (nSPS) is 17.9. The number of aryl methyl sites for hydroxylation is 2. The highest BCUT2D eigenvalue weighted by Gasteiger charge is 2.33. The van der Waals surface area contributed by atoms with Gasteiger partial charge in [-0.25, -0.2) is 4.98 Å². The molecule has 0 saturated heterocycles. The van der Waals surface area contributed by atoms with E-state index >= 15 is 0 Å². The number of nitrogens with zero attached hydrogens (tertiary/aromatic N) is 1. The quantitative estimate of drug-likeness (QED) is 0.797. The van der Waals surface area contributed by atoms with Crippen LogP contribution in [0.15, 0.2) is 4.42 Å². The summed E-state index contributed by atoms with van der Waals surface area (Å²) < 4.78 is 5.23. The van der Waals surface area contributed by atoms with E-state index in [4.69, 9.17) is 10.2 Å². The van der Waals surface area contributed by atoms with Gasteiger partial charge in [-0.1, -0.05) is 0 Å². The van der Waals surface area contributed by atoms with Crippen LogP contribution in [0.2, 0.25) is 0 Å². The number of rotatable bonds is 3. The van der Waals surface area contributed by atoms with Gasteiger partial charge in [0.15, 0.2) is 5.89 Å². The van der Waals surface area contributed by atoms with Crippen LogP contribution in [0.3, 0.4) is 0 Å². The average Bonchev–Trinajstić information content (AvgIpc) is 2.51. The van der Waals surface area contributed by atoms with Gasteiger partial charge in [0.1, 0.15) is 0 Å². The largest absolute Gasteiger partial charge is 0.436 e. The zero-order valence-corrected chi connectivity index (χ0v) is 9.67. The van der Waals surface area contributed by atoms with E-state index in [2.05, 4.69) is 10.3 Å². The molecule has 0 unspecified atom stereocenters. The first-order valence-corrected chi connectivity index (χ1v) is 5.51. The molecule has 3 N–H and O–H groups in total. The molecule has 1 aliphatic rings. The Morgan fingerprint density at radius 2 is 2.25 bits per heavy atom. The number of nitrogens with one attached hydrogen (secondary N) is 1. The molecule has 0 atom stereocenters. The first kappa shape index (κ1) is 11.1. The van der Waals surface area contributed by atoms with Gasteiger partial charge in [0, 0.05) is 19.0 Å². The van der Waals surface area contributed by atoms with E-state index in [0.29, 0.717) is 23.9 Å². The number of amides is 1. The summed E-state index contributed by atoms with van der Waals surface area (Å²) >= 11 is 0. The fourth-order valence-electron chi connectivity index (χ4n) is 1.89. The molecule has 1 aromatic heterocycles. The van der Waals surface area contributed by atoms with Crippen LogP contribution in [-0.2, 0) is 0 Å². The summed E-state index contributed by atoms with van der Waals surface area (Å²) in [5.41, 5.74) is 6.42. The van der Waals surface area contributed by atoms with Crippen molar-refractivity contribution in [2.24, 2.45) is 5.73 Å². The van der Waals surface area contributed by atoms with E-state index in [0.717, 1.165) is 19.3 Å². The van der Waals surface area contributed by atoms with Crippen LogP contribution in [0.4, 0.5) is 0 Å². The number of carbonyl (C=O) groups excluding carboxylic acids is 1. The van der Waals surface area contributed by atoms with Gasteiger partial charge in [-0.05, 0) is 26.2 Å². The zero-order valence-electron chi connectivity index (χ0n) is 9.67. The lowest BCUT2D eigenvalue weighted by Gasteiger charge is -2.37. The maximum Gasteiger partial charge on any atom is 0.289 e. The fourth-order valence-corrected chi connectivity index (χ4v) is 1.89. The Balaban J connectivity index is 1.95. The Hall–Kier alpha value is -1.36. The fraction of sp³-hybridized carbons (Fsp3) is 0.636. The molecule has 1 aromatic rings. The average molecular weight is 223 g/mol. The number of oxazole rings is 1.